The lowest BCUT2D eigenvalue weighted by Gasteiger charge is -2.35. The Balaban J connectivity index is 1.66. The zero-order valence-electron chi connectivity index (χ0n) is 19.9. The second-order valence-corrected chi connectivity index (χ2v) is 9.52. The Hall–Kier alpha value is -2.94. The number of aliphatic imine (C=N–C) groups is 1. The van der Waals surface area contributed by atoms with E-state index < -0.39 is 0 Å². The third-order valence-electron chi connectivity index (χ3n) is 6.97. The number of nitrogens with zero attached hydrogens (tertiary/aromatic N) is 5. The quantitative estimate of drug-likeness (QED) is 0.468. The van der Waals surface area contributed by atoms with E-state index >= 15 is 0 Å². The molecule has 0 radical (unpaired) electrons. The number of rotatable bonds is 5. The van der Waals surface area contributed by atoms with Crippen molar-refractivity contribution in [2.45, 2.75) is 63.6 Å². The summed E-state index contributed by atoms with van der Waals surface area (Å²) in [5, 5.41) is 4.48. The highest BCUT2D eigenvalue weighted by Crippen LogP contribution is 2.28. The van der Waals surface area contributed by atoms with Crippen LogP contribution in [0.5, 0.6) is 0 Å². The van der Waals surface area contributed by atoms with Gasteiger partial charge in [0.2, 0.25) is 5.82 Å². The topological polar surface area (TPSA) is 126 Å². The number of hydrogen-bond acceptors (Lipinski definition) is 6. The van der Waals surface area contributed by atoms with Crippen LogP contribution in [-0.4, -0.2) is 76.9 Å². The predicted molar refractivity (Wildman–Crippen MR) is 132 cm³/mol. The molecule has 1 saturated heterocycles. The summed E-state index contributed by atoms with van der Waals surface area (Å²) < 4.78 is 0. The second kappa shape index (κ2) is 9.91. The van der Waals surface area contributed by atoms with Gasteiger partial charge in [0.25, 0.3) is 5.91 Å². The highest BCUT2D eigenvalue weighted by atomic mass is 16.2. The number of hydrogen-bond donors (Lipinski definition) is 3. The molecule has 2 aromatic rings. The predicted octanol–water partition coefficient (Wildman–Crippen LogP) is 2.10. The van der Waals surface area contributed by atoms with E-state index in [1.807, 2.05) is 31.0 Å². The molecule has 2 heterocycles. The van der Waals surface area contributed by atoms with E-state index in [0.717, 1.165) is 68.1 Å². The van der Waals surface area contributed by atoms with Gasteiger partial charge in [-0.15, -0.1) is 0 Å². The van der Waals surface area contributed by atoms with Crippen LogP contribution >= 0.6 is 0 Å². The Labute approximate surface area is 195 Å². The monoisotopic (exact) mass is 452 g/mol. The Morgan fingerprint density at radius 1 is 1.15 bits per heavy atom. The fourth-order valence-electron chi connectivity index (χ4n) is 4.96. The molecule has 2 aliphatic rings. The summed E-state index contributed by atoms with van der Waals surface area (Å²) in [4.78, 5) is 31.3. The number of aryl methyl sites for hydroxylation is 1. The number of piperidine rings is 1. The third-order valence-corrected chi connectivity index (χ3v) is 6.97. The minimum absolute atomic E-state index is 0.0142. The number of aromatic nitrogens is 2. The van der Waals surface area contributed by atoms with Gasteiger partial charge < -0.3 is 26.6 Å². The lowest BCUT2D eigenvalue weighted by Crippen LogP contribution is -2.45. The molecule has 1 amide bonds. The molecule has 0 spiro atoms. The lowest BCUT2D eigenvalue weighted by molar-refractivity contribution is 0.0648. The Morgan fingerprint density at radius 2 is 1.88 bits per heavy atom. The second-order valence-electron chi connectivity index (χ2n) is 9.52. The van der Waals surface area contributed by atoms with Gasteiger partial charge in [0.1, 0.15) is 5.82 Å². The van der Waals surface area contributed by atoms with E-state index in [4.69, 9.17) is 16.5 Å². The van der Waals surface area contributed by atoms with Gasteiger partial charge in [0.05, 0.1) is 17.6 Å². The first-order chi connectivity index (χ1) is 15.8. The summed E-state index contributed by atoms with van der Waals surface area (Å²) in [6.07, 6.45) is 5.97. The van der Waals surface area contributed by atoms with E-state index in [9.17, 15) is 4.79 Å². The van der Waals surface area contributed by atoms with Crippen molar-refractivity contribution in [3.05, 3.63) is 29.6 Å². The van der Waals surface area contributed by atoms with E-state index in [0.29, 0.717) is 5.82 Å². The van der Waals surface area contributed by atoms with Crippen LogP contribution in [0.4, 0.5) is 5.82 Å². The number of fused-ring (bicyclic) bond motifs is 1. The van der Waals surface area contributed by atoms with Gasteiger partial charge in [0.15, 0.2) is 5.96 Å². The minimum Gasteiger partial charge on any atom is -0.370 e. The van der Waals surface area contributed by atoms with E-state index in [1.165, 1.54) is 0 Å². The molecular weight excluding hydrogens is 416 g/mol. The smallest absolute Gasteiger partial charge is 0.291 e. The number of likely N-dealkylation sites (tertiary alicyclic amines) is 1. The van der Waals surface area contributed by atoms with Gasteiger partial charge >= 0.3 is 0 Å². The maximum Gasteiger partial charge on any atom is 0.291 e. The van der Waals surface area contributed by atoms with E-state index in [2.05, 4.69) is 33.3 Å². The van der Waals surface area contributed by atoms with Crippen LogP contribution in [0.25, 0.3) is 10.9 Å². The molecule has 9 heteroatoms. The van der Waals surface area contributed by atoms with Gasteiger partial charge in [-0.3, -0.25) is 4.79 Å². The molecule has 2 fully saturated rings. The van der Waals surface area contributed by atoms with Crippen molar-refractivity contribution in [1.82, 2.24) is 19.8 Å². The van der Waals surface area contributed by atoms with Crippen molar-refractivity contribution < 1.29 is 4.79 Å². The number of guanidine groups is 1. The molecular formula is C24H36N8O. The molecule has 2 unspecified atom stereocenters. The Morgan fingerprint density at radius 3 is 2.61 bits per heavy atom. The molecule has 1 aliphatic heterocycles. The summed E-state index contributed by atoms with van der Waals surface area (Å²) in [6, 6.07) is 6.26. The van der Waals surface area contributed by atoms with Gasteiger partial charge in [-0.25, -0.2) is 15.0 Å². The minimum atomic E-state index is -0.139. The fraction of sp³-hybridized carbons (Fsp3) is 0.583. The van der Waals surface area contributed by atoms with Crippen molar-refractivity contribution >= 4 is 28.6 Å². The molecule has 1 aromatic heterocycles. The molecule has 9 nitrogen and oxygen atoms in total. The van der Waals surface area contributed by atoms with Crippen molar-refractivity contribution in [2.24, 2.45) is 16.5 Å². The van der Waals surface area contributed by atoms with Crippen LogP contribution in [0.15, 0.2) is 23.2 Å². The van der Waals surface area contributed by atoms with Crippen molar-refractivity contribution in [1.29, 1.82) is 0 Å². The number of nitrogens with one attached hydrogen (secondary N) is 1. The van der Waals surface area contributed by atoms with Crippen molar-refractivity contribution in [2.75, 3.05) is 32.5 Å². The van der Waals surface area contributed by atoms with Crippen LogP contribution in [0.2, 0.25) is 0 Å². The average Bonchev–Trinajstić information content (AvgIpc) is 2.79. The molecule has 4 rings (SSSR count). The van der Waals surface area contributed by atoms with E-state index in [-0.39, 0.29) is 35.8 Å². The molecule has 5 N–H and O–H groups in total. The first-order valence-electron chi connectivity index (χ1n) is 11.9. The highest BCUT2D eigenvalue weighted by Gasteiger charge is 2.29. The molecule has 1 aromatic carbocycles. The number of anilines is 1. The Bertz CT molecular complexity index is 1030. The number of benzene rings is 1. The van der Waals surface area contributed by atoms with Crippen molar-refractivity contribution in [3.8, 4) is 0 Å². The van der Waals surface area contributed by atoms with Gasteiger partial charge in [-0.05, 0) is 64.9 Å². The number of carbonyl (C=O) groups is 1. The van der Waals surface area contributed by atoms with Gasteiger partial charge in [-0.2, -0.15) is 0 Å². The van der Waals surface area contributed by atoms with Crippen LogP contribution in [0.1, 0.15) is 54.7 Å². The number of amides is 1. The number of carbonyl (C=O) groups excluding carboxylic acids is 1. The van der Waals surface area contributed by atoms with E-state index in [1.54, 1.807) is 0 Å². The molecule has 33 heavy (non-hydrogen) atoms. The summed E-state index contributed by atoms with van der Waals surface area (Å²) in [5.41, 5.74) is 13.2. The molecule has 2 atom stereocenters. The zero-order chi connectivity index (χ0) is 23.5. The summed E-state index contributed by atoms with van der Waals surface area (Å²) >= 11 is 0. The zero-order valence-corrected chi connectivity index (χ0v) is 19.9. The van der Waals surface area contributed by atoms with Crippen LogP contribution in [-0.2, 0) is 0 Å². The average molecular weight is 453 g/mol. The van der Waals surface area contributed by atoms with Crippen LogP contribution in [0.3, 0.4) is 0 Å². The fourth-order valence-corrected chi connectivity index (χ4v) is 4.96. The van der Waals surface area contributed by atoms with Crippen molar-refractivity contribution in [3.63, 3.8) is 0 Å². The molecule has 178 valence electrons. The van der Waals surface area contributed by atoms with Gasteiger partial charge in [0, 0.05) is 18.5 Å². The summed E-state index contributed by atoms with van der Waals surface area (Å²) in [7, 11) is 3.98. The first kappa shape index (κ1) is 23.2. The largest absolute Gasteiger partial charge is 0.370 e. The Kier molecular flexibility index (Phi) is 6.97. The standard InChI is InChI=1S/C24H36N8O/c1-15-8-9-18-17(14-15)21(28-19-6-4-5-7-20(19)29-24(25)26)30-22(27-18)23(33)32(3)16-10-12-31(2)13-11-16/h8-9,14,16,19-20H,4-7,10-13H2,1-3H3,(H4,25,26,29)(H,27,28,30). The summed E-state index contributed by atoms with van der Waals surface area (Å²) in [6.45, 7) is 4.01. The number of nitrogens with two attached hydrogens (primary N) is 2. The molecule has 1 aliphatic carbocycles. The normalized spacial score (nSPS) is 22.2. The lowest BCUT2D eigenvalue weighted by atomic mass is 9.90. The first-order valence-corrected chi connectivity index (χ1v) is 11.9. The third kappa shape index (κ3) is 5.35. The van der Waals surface area contributed by atoms with Crippen LogP contribution < -0.4 is 16.8 Å². The van der Waals surface area contributed by atoms with Gasteiger partial charge in [-0.1, -0.05) is 24.5 Å². The van der Waals surface area contributed by atoms with Crippen LogP contribution in [0, 0.1) is 6.92 Å². The molecule has 0 bridgehead atoms. The maximum atomic E-state index is 13.4. The molecule has 1 saturated carbocycles. The summed E-state index contributed by atoms with van der Waals surface area (Å²) in [5.74, 6) is 0.864. The maximum absolute atomic E-state index is 13.4. The highest BCUT2D eigenvalue weighted by molar-refractivity contribution is 5.96. The SMILES string of the molecule is Cc1ccc2nc(C(=O)N(C)C3CCN(C)CC3)nc(NC3CCCCC3N=C(N)N)c2c1.